The Balaban J connectivity index is 1.77. The number of para-hydroxylation sites is 2. The van der Waals surface area contributed by atoms with E-state index in [2.05, 4.69) is 15.1 Å². The van der Waals surface area contributed by atoms with Gasteiger partial charge in [-0.25, -0.2) is 18.4 Å². The van der Waals surface area contributed by atoms with Crippen molar-refractivity contribution in [1.29, 1.82) is 0 Å². The van der Waals surface area contributed by atoms with Crippen molar-refractivity contribution in [2.45, 2.75) is 9.79 Å². The second kappa shape index (κ2) is 8.44. The number of halogens is 1. The van der Waals surface area contributed by atoms with Gasteiger partial charge in [-0.15, -0.1) is 0 Å². The van der Waals surface area contributed by atoms with Crippen molar-refractivity contribution in [3.63, 3.8) is 0 Å². The number of anilines is 1. The van der Waals surface area contributed by atoms with Crippen LogP contribution in [-0.4, -0.2) is 36.4 Å². The smallest absolute Gasteiger partial charge is 0.212 e. The van der Waals surface area contributed by atoms with E-state index < -0.39 is 9.84 Å². The zero-order chi connectivity index (χ0) is 23.9. The number of nitrogens with two attached hydrogens (primary N) is 1. The fourth-order valence-electron chi connectivity index (χ4n) is 3.59. The van der Waals surface area contributed by atoms with Gasteiger partial charge in [0.1, 0.15) is 22.0 Å². The molecule has 0 spiro atoms. The zero-order valence-electron chi connectivity index (χ0n) is 17.9. The van der Waals surface area contributed by atoms with Gasteiger partial charge in [-0.05, 0) is 54.1 Å². The first-order valence-corrected chi connectivity index (χ1v) is 12.0. The molecule has 8 nitrogen and oxygen atoms in total. The Hall–Kier alpha value is -3.95. The molecule has 0 aliphatic rings. The topological polar surface area (TPSA) is 112 Å². The first kappa shape index (κ1) is 21.9. The molecule has 5 rings (SSSR count). The third-order valence-electron chi connectivity index (χ3n) is 5.24. The number of benzene rings is 3. The fraction of sp³-hybridized carbons (Fsp3) is 0.0417. The monoisotopic (exact) mass is 491 g/mol. The van der Waals surface area contributed by atoms with Crippen molar-refractivity contribution in [2.75, 3.05) is 12.8 Å². The molecule has 170 valence electrons. The van der Waals surface area contributed by atoms with Crippen LogP contribution in [0.3, 0.4) is 0 Å². The molecule has 0 saturated carbocycles. The molecular formula is C24H18ClN5O3S. The summed E-state index contributed by atoms with van der Waals surface area (Å²) < 4.78 is 33.8. The van der Waals surface area contributed by atoms with Gasteiger partial charge in [-0.3, -0.25) is 0 Å². The van der Waals surface area contributed by atoms with Crippen LogP contribution in [0.5, 0.6) is 5.75 Å². The minimum Gasteiger partial charge on any atom is -0.497 e. The van der Waals surface area contributed by atoms with Gasteiger partial charge in [-0.2, -0.15) is 9.78 Å². The number of fused-ring (bicyclic) bond motifs is 2. The second-order valence-corrected chi connectivity index (χ2v) is 9.71. The molecule has 2 heterocycles. The highest BCUT2D eigenvalue weighted by Gasteiger charge is 2.30. The van der Waals surface area contributed by atoms with Crippen LogP contribution in [0, 0.1) is 0 Å². The Kier molecular flexibility index (Phi) is 5.43. The predicted octanol–water partition coefficient (Wildman–Crippen LogP) is 4.54. The lowest BCUT2D eigenvalue weighted by Gasteiger charge is -2.06. The van der Waals surface area contributed by atoms with E-state index in [-0.39, 0.29) is 26.8 Å². The second-order valence-electron chi connectivity index (χ2n) is 7.39. The molecule has 0 aliphatic heterocycles. The minimum absolute atomic E-state index is 0.0489. The SMILES string of the molecule is COc1ccc(S(=O)(=O)c2c(N)n(/N=C/c3cccc(Cl)c3)c3nc4ccccc4nc23)cc1. The van der Waals surface area contributed by atoms with Gasteiger partial charge in [0.05, 0.1) is 29.3 Å². The van der Waals surface area contributed by atoms with E-state index in [0.29, 0.717) is 27.4 Å². The van der Waals surface area contributed by atoms with Crippen molar-refractivity contribution in [1.82, 2.24) is 14.6 Å². The third kappa shape index (κ3) is 3.74. The van der Waals surface area contributed by atoms with Crippen LogP contribution in [0.25, 0.3) is 22.2 Å². The molecule has 10 heteroatoms. The maximum atomic E-state index is 13.7. The van der Waals surface area contributed by atoms with Gasteiger partial charge in [0.15, 0.2) is 5.65 Å². The van der Waals surface area contributed by atoms with E-state index in [1.54, 1.807) is 48.5 Å². The fourth-order valence-corrected chi connectivity index (χ4v) is 5.27. The number of hydrogen-bond acceptors (Lipinski definition) is 7. The highest BCUT2D eigenvalue weighted by atomic mass is 35.5. The van der Waals surface area contributed by atoms with Gasteiger partial charge in [0.25, 0.3) is 0 Å². The summed E-state index contributed by atoms with van der Waals surface area (Å²) in [6.45, 7) is 0. The van der Waals surface area contributed by atoms with Gasteiger partial charge >= 0.3 is 0 Å². The average Bonchev–Trinajstić information content (AvgIpc) is 3.12. The van der Waals surface area contributed by atoms with E-state index in [9.17, 15) is 8.42 Å². The average molecular weight is 492 g/mol. The summed E-state index contributed by atoms with van der Waals surface area (Å²) in [4.78, 5) is 9.10. The molecular weight excluding hydrogens is 474 g/mol. The van der Waals surface area contributed by atoms with Crippen LogP contribution < -0.4 is 10.5 Å². The minimum atomic E-state index is -4.06. The molecule has 0 bridgehead atoms. The van der Waals surface area contributed by atoms with Crippen LogP contribution in [0.1, 0.15) is 5.56 Å². The van der Waals surface area contributed by atoms with Crippen LogP contribution in [0.15, 0.2) is 87.7 Å². The number of methoxy groups -OCH3 is 1. The number of sulfone groups is 1. The molecule has 3 aromatic carbocycles. The number of nitrogens with zero attached hydrogens (tertiary/aromatic N) is 4. The molecule has 0 fully saturated rings. The van der Waals surface area contributed by atoms with E-state index in [4.69, 9.17) is 22.1 Å². The molecule has 2 N–H and O–H groups in total. The quantitative estimate of drug-likeness (QED) is 0.361. The summed E-state index contributed by atoms with van der Waals surface area (Å²) in [5.41, 5.74) is 8.58. The van der Waals surface area contributed by atoms with Gasteiger partial charge in [0, 0.05) is 5.02 Å². The predicted molar refractivity (Wildman–Crippen MR) is 132 cm³/mol. The Bertz CT molecular complexity index is 1680. The summed E-state index contributed by atoms with van der Waals surface area (Å²) in [5, 5.41) is 4.97. The highest BCUT2D eigenvalue weighted by Crippen LogP contribution is 2.35. The maximum Gasteiger partial charge on any atom is 0.212 e. The van der Waals surface area contributed by atoms with Crippen molar-refractivity contribution < 1.29 is 13.2 Å². The number of hydrogen-bond donors (Lipinski definition) is 1. The number of rotatable bonds is 5. The van der Waals surface area contributed by atoms with Crippen LogP contribution >= 0.6 is 11.6 Å². The lowest BCUT2D eigenvalue weighted by molar-refractivity contribution is 0.414. The normalized spacial score (nSPS) is 12.1. The molecule has 0 aliphatic carbocycles. The Labute approximate surface area is 200 Å². The first-order valence-electron chi connectivity index (χ1n) is 10.1. The third-order valence-corrected chi connectivity index (χ3v) is 7.31. The standard InChI is InChI=1S/C24H18ClN5O3S/c1-33-17-9-11-18(12-10-17)34(31,32)22-21-24(29-20-8-3-2-7-19(20)28-21)30(23(22)26)27-14-15-5-4-6-16(25)13-15/h2-14H,26H2,1H3/b27-14+. The molecule has 0 saturated heterocycles. The van der Waals surface area contributed by atoms with Crippen molar-refractivity contribution in [3.05, 3.63) is 83.4 Å². The molecule has 0 unspecified atom stereocenters. The highest BCUT2D eigenvalue weighted by molar-refractivity contribution is 7.92. The lowest BCUT2D eigenvalue weighted by atomic mass is 10.2. The molecule has 34 heavy (non-hydrogen) atoms. The largest absolute Gasteiger partial charge is 0.497 e. The molecule has 2 aromatic heterocycles. The number of ether oxygens (including phenoxy) is 1. The van der Waals surface area contributed by atoms with E-state index in [1.807, 2.05) is 12.1 Å². The van der Waals surface area contributed by atoms with Crippen LogP contribution in [-0.2, 0) is 9.84 Å². The van der Waals surface area contributed by atoms with Crippen molar-refractivity contribution in [3.8, 4) is 5.75 Å². The molecule has 0 amide bonds. The van der Waals surface area contributed by atoms with Gasteiger partial charge in [0.2, 0.25) is 9.84 Å². The Morgan fingerprint density at radius 2 is 1.71 bits per heavy atom. The van der Waals surface area contributed by atoms with Crippen molar-refractivity contribution >= 4 is 55.7 Å². The van der Waals surface area contributed by atoms with Crippen LogP contribution in [0.2, 0.25) is 5.02 Å². The van der Waals surface area contributed by atoms with Gasteiger partial charge in [-0.1, -0.05) is 35.9 Å². The van der Waals surface area contributed by atoms with E-state index in [0.717, 1.165) is 0 Å². The molecule has 5 aromatic rings. The molecule has 0 atom stereocenters. The zero-order valence-corrected chi connectivity index (χ0v) is 19.5. The Morgan fingerprint density at radius 3 is 2.38 bits per heavy atom. The number of nitrogen functional groups attached to an aromatic ring is 1. The maximum absolute atomic E-state index is 13.7. The summed E-state index contributed by atoms with van der Waals surface area (Å²) in [5.74, 6) is 0.436. The van der Waals surface area contributed by atoms with E-state index >= 15 is 0 Å². The van der Waals surface area contributed by atoms with Gasteiger partial charge < -0.3 is 10.5 Å². The lowest BCUT2D eigenvalue weighted by Crippen LogP contribution is -2.06. The first-order chi connectivity index (χ1) is 16.4. The van der Waals surface area contributed by atoms with E-state index in [1.165, 1.54) is 30.1 Å². The van der Waals surface area contributed by atoms with Crippen LogP contribution in [0.4, 0.5) is 5.82 Å². The Morgan fingerprint density at radius 1 is 1.00 bits per heavy atom. The summed E-state index contributed by atoms with van der Waals surface area (Å²) in [6, 6.07) is 20.3. The number of aromatic nitrogens is 3. The molecule has 0 radical (unpaired) electrons. The summed E-state index contributed by atoms with van der Waals surface area (Å²) >= 11 is 6.07. The van der Waals surface area contributed by atoms with Crippen molar-refractivity contribution in [2.24, 2.45) is 5.10 Å². The summed E-state index contributed by atoms with van der Waals surface area (Å²) in [6.07, 6.45) is 1.53. The summed E-state index contributed by atoms with van der Waals surface area (Å²) in [7, 11) is -2.55.